The molecule has 0 aliphatic heterocycles. The van der Waals surface area contributed by atoms with Crippen molar-refractivity contribution in [1.29, 1.82) is 0 Å². The van der Waals surface area contributed by atoms with E-state index in [9.17, 15) is 4.89 Å². The molecule has 0 saturated carbocycles. The molecular weight excluding hydrogens is 279 g/mol. The van der Waals surface area contributed by atoms with E-state index < -0.39 is 7.72 Å². The Bertz CT molecular complexity index is 458. The summed E-state index contributed by atoms with van der Waals surface area (Å²) < 4.78 is 5.28. The summed E-state index contributed by atoms with van der Waals surface area (Å²) in [6.45, 7) is 12.5. The van der Waals surface area contributed by atoms with Crippen LogP contribution in [0.2, 0.25) is 0 Å². The summed E-state index contributed by atoms with van der Waals surface area (Å²) in [6.07, 6.45) is 10.6. The van der Waals surface area contributed by atoms with Crippen LogP contribution in [0.15, 0.2) is 52.6 Å². The van der Waals surface area contributed by atoms with Gasteiger partial charge in [0.05, 0.1) is 6.61 Å². The quantitative estimate of drug-likeness (QED) is 0.266. The fourth-order valence-corrected chi connectivity index (χ4v) is 2.64. The van der Waals surface area contributed by atoms with E-state index in [1.54, 1.807) is 12.5 Å². The lowest BCUT2D eigenvalue weighted by atomic mass is 10.1. The Balaban J connectivity index is 4.53. The molecule has 1 atom stereocenters. The third-order valence-electron chi connectivity index (χ3n) is 2.74. The van der Waals surface area contributed by atoms with Crippen LogP contribution in [0.1, 0.15) is 47.5 Å². The molecule has 0 aliphatic rings. The standard InChI is InChI=1S/C18H30O2P/c1-7-20-21(6,19)15-14-18(5)13-9-12-17(4)11-8-10-16(2)3/h9-10,12-13,15,19H,7-8,11H2,1-6H3/q+1/b13-9+,17-12+. The molecule has 0 saturated heterocycles. The minimum Gasteiger partial charge on any atom is -0.215 e. The van der Waals surface area contributed by atoms with E-state index in [4.69, 9.17) is 4.52 Å². The van der Waals surface area contributed by atoms with Gasteiger partial charge in [-0.25, -0.2) is 9.42 Å². The molecule has 21 heavy (non-hydrogen) atoms. The predicted molar refractivity (Wildman–Crippen MR) is 95.5 cm³/mol. The van der Waals surface area contributed by atoms with Crippen LogP contribution in [0.5, 0.6) is 0 Å². The largest absolute Gasteiger partial charge is 0.301 e. The van der Waals surface area contributed by atoms with Gasteiger partial charge < -0.3 is 0 Å². The molecule has 0 aromatic rings. The molecule has 3 heteroatoms. The van der Waals surface area contributed by atoms with Gasteiger partial charge in [0.1, 0.15) is 6.66 Å². The SMILES string of the molecule is CCO[P+](C)(O)C=C=C(C)/C=C/C=C(\C)CCC=C(C)C. The second-order valence-corrected chi connectivity index (χ2v) is 7.91. The molecule has 0 aromatic carbocycles. The third-order valence-corrected chi connectivity index (χ3v) is 4.13. The van der Waals surface area contributed by atoms with Crippen LogP contribution >= 0.6 is 7.72 Å². The summed E-state index contributed by atoms with van der Waals surface area (Å²) >= 11 is 0. The lowest BCUT2D eigenvalue weighted by Crippen LogP contribution is -1.90. The van der Waals surface area contributed by atoms with Crippen molar-refractivity contribution in [3.8, 4) is 0 Å². The van der Waals surface area contributed by atoms with E-state index in [0.717, 1.165) is 18.4 Å². The minimum atomic E-state index is -2.38. The van der Waals surface area contributed by atoms with E-state index in [1.807, 2.05) is 26.0 Å². The van der Waals surface area contributed by atoms with Crippen molar-refractivity contribution in [1.82, 2.24) is 0 Å². The molecule has 0 heterocycles. The van der Waals surface area contributed by atoms with Gasteiger partial charge in [0.25, 0.3) is 0 Å². The van der Waals surface area contributed by atoms with Crippen LogP contribution < -0.4 is 0 Å². The van der Waals surface area contributed by atoms with Crippen LogP contribution in [0.3, 0.4) is 0 Å². The highest BCUT2D eigenvalue weighted by atomic mass is 31.2. The molecule has 2 nitrogen and oxygen atoms in total. The van der Waals surface area contributed by atoms with Crippen LogP contribution in [0, 0.1) is 0 Å². The second kappa shape index (κ2) is 10.8. The average Bonchev–Trinajstić information content (AvgIpc) is 2.36. The van der Waals surface area contributed by atoms with E-state index in [0.29, 0.717) is 6.61 Å². The zero-order valence-corrected chi connectivity index (χ0v) is 15.2. The summed E-state index contributed by atoms with van der Waals surface area (Å²) in [6, 6.07) is 0. The molecule has 0 aliphatic carbocycles. The summed E-state index contributed by atoms with van der Waals surface area (Å²) in [5.41, 5.74) is 6.78. The van der Waals surface area contributed by atoms with Gasteiger partial charge >= 0.3 is 7.72 Å². The van der Waals surface area contributed by atoms with Crippen LogP contribution in [-0.2, 0) is 4.52 Å². The maximum Gasteiger partial charge on any atom is 0.301 e. The number of rotatable bonds is 8. The Kier molecular flexibility index (Phi) is 10.3. The maximum atomic E-state index is 9.93. The summed E-state index contributed by atoms with van der Waals surface area (Å²) in [5, 5.41) is 0. The predicted octanol–water partition coefficient (Wildman–Crippen LogP) is 5.80. The van der Waals surface area contributed by atoms with E-state index in [1.165, 1.54) is 11.1 Å². The van der Waals surface area contributed by atoms with Gasteiger partial charge in [0.2, 0.25) is 0 Å². The van der Waals surface area contributed by atoms with Crippen molar-refractivity contribution < 1.29 is 9.42 Å². The van der Waals surface area contributed by atoms with Crippen LogP contribution in [0.4, 0.5) is 0 Å². The van der Waals surface area contributed by atoms with Crippen molar-refractivity contribution in [3.05, 3.63) is 52.6 Å². The molecule has 0 amide bonds. The van der Waals surface area contributed by atoms with Crippen LogP contribution in [-0.4, -0.2) is 18.2 Å². The first-order valence-corrected chi connectivity index (χ1v) is 9.59. The van der Waals surface area contributed by atoms with Gasteiger partial charge in [0.15, 0.2) is 5.82 Å². The summed E-state index contributed by atoms with van der Waals surface area (Å²) in [5.74, 6) is 1.65. The van der Waals surface area contributed by atoms with Crippen molar-refractivity contribution >= 4 is 7.72 Å². The molecule has 118 valence electrons. The number of hydrogen-bond acceptors (Lipinski definition) is 2. The fourth-order valence-electron chi connectivity index (χ4n) is 1.60. The van der Waals surface area contributed by atoms with E-state index in [-0.39, 0.29) is 0 Å². The molecule has 1 N–H and O–H groups in total. The first kappa shape index (κ1) is 20.1. The fraction of sp³-hybridized carbons (Fsp3) is 0.500. The normalized spacial score (nSPS) is 14.5. The molecule has 0 fully saturated rings. The Morgan fingerprint density at radius 1 is 1.24 bits per heavy atom. The molecule has 0 spiro atoms. The van der Waals surface area contributed by atoms with Gasteiger partial charge in [-0.15, -0.1) is 0 Å². The smallest absolute Gasteiger partial charge is 0.215 e. The molecular formula is C18H30O2P+. The third kappa shape index (κ3) is 12.5. The van der Waals surface area contributed by atoms with Gasteiger partial charge in [-0.1, -0.05) is 41.2 Å². The topological polar surface area (TPSA) is 29.5 Å². The second-order valence-electron chi connectivity index (χ2n) is 5.51. The van der Waals surface area contributed by atoms with Gasteiger partial charge in [-0.3, -0.25) is 0 Å². The highest BCUT2D eigenvalue weighted by molar-refractivity contribution is 7.67. The molecule has 0 aromatic heterocycles. The Morgan fingerprint density at radius 3 is 2.48 bits per heavy atom. The number of allylic oxidation sites excluding steroid dienone is 7. The lowest BCUT2D eigenvalue weighted by molar-refractivity contribution is 0.321. The van der Waals surface area contributed by atoms with Crippen molar-refractivity contribution in [3.63, 3.8) is 0 Å². The first-order valence-electron chi connectivity index (χ1n) is 7.42. The van der Waals surface area contributed by atoms with Gasteiger partial charge in [0, 0.05) is 0 Å². The highest BCUT2D eigenvalue weighted by Gasteiger charge is 2.26. The molecule has 0 rings (SSSR count). The minimum absolute atomic E-state index is 0.515. The van der Waals surface area contributed by atoms with Gasteiger partial charge in [-0.2, -0.15) is 0 Å². The summed E-state index contributed by atoms with van der Waals surface area (Å²) in [7, 11) is -2.38. The highest BCUT2D eigenvalue weighted by Crippen LogP contribution is 2.52. The van der Waals surface area contributed by atoms with Crippen molar-refractivity contribution in [2.45, 2.75) is 47.5 Å². The number of hydrogen-bond donors (Lipinski definition) is 1. The van der Waals surface area contributed by atoms with Crippen molar-refractivity contribution in [2.75, 3.05) is 13.3 Å². The van der Waals surface area contributed by atoms with Crippen LogP contribution in [0.25, 0.3) is 0 Å². The lowest BCUT2D eigenvalue weighted by Gasteiger charge is -2.05. The van der Waals surface area contributed by atoms with Crippen molar-refractivity contribution in [2.24, 2.45) is 0 Å². The zero-order valence-electron chi connectivity index (χ0n) is 14.3. The average molecular weight is 309 g/mol. The Morgan fingerprint density at radius 2 is 1.90 bits per heavy atom. The molecule has 0 radical (unpaired) electrons. The summed E-state index contributed by atoms with van der Waals surface area (Å²) in [4.78, 5) is 9.93. The van der Waals surface area contributed by atoms with Gasteiger partial charge in [-0.05, 0) is 53.0 Å². The Hall–Kier alpha value is -0.910. The van der Waals surface area contributed by atoms with E-state index in [2.05, 4.69) is 38.7 Å². The van der Waals surface area contributed by atoms with E-state index >= 15 is 0 Å². The zero-order chi connectivity index (χ0) is 16.3. The Labute approximate surface area is 131 Å². The molecule has 0 bridgehead atoms. The molecule has 1 unspecified atom stereocenters. The monoisotopic (exact) mass is 309 g/mol. The maximum absolute atomic E-state index is 9.93. The first-order chi connectivity index (χ1) is 9.76.